The van der Waals surface area contributed by atoms with Crippen LogP contribution in [0.5, 0.6) is 0 Å². The fourth-order valence-corrected chi connectivity index (χ4v) is 3.09. The number of halogens is 1. The van der Waals surface area contributed by atoms with Crippen molar-refractivity contribution in [2.24, 2.45) is 7.05 Å². The van der Waals surface area contributed by atoms with Crippen LogP contribution in [0.15, 0.2) is 54.6 Å². The summed E-state index contributed by atoms with van der Waals surface area (Å²) in [4.78, 5) is 12.2. The monoisotopic (exact) mass is 432 g/mol. The normalized spacial score (nSPS) is 10.5. The minimum atomic E-state index is -0.308. The highest BCUT2D eigenvalue weighted by atomic mass is 127. The zero-order valence-electron chi connectivity index (χ0n) is 13.4. The van der Waals surface area contributed by atoms with Gasteiger partial charge in [0, 0.05) is 22.4 Å². The second-order valence-corrected chi connectivity index (χ2v) is 6.69. The number of rotatable bonds is 3. The number of anilines is 2. The van der Waals surface area contributed by atoms with Crippen molar-refractivity contribution >= 4 is 40.1 Å². The van der Waals surface area contributed by atoms with Crippen LogP contribution in [-0.4, -0.2) is 15.8 Å². The summed E-state index contributed by atoms with van der Waals surface area (Å²) in [5.41, 5.74) is 3.79. The fourth-order valence-electron chi connectivity index (χ4n) is 2.44. The van der Waals surface area contributed by atoms with E-state index < -0.39 is 0 Å². The average molecular weight is 432 g/mol. The number of amides is 2. The molecule has 0 saturated carbocycles. The highest BCUT2D eigenvalue weighted by Crippen LogP contribution is 2.22. The smallest absolute Gasteiger partial charge is 0.307 e. The molecule has 0 aliphatic heterocycles. The molecule has 2 N–H and O–H groups in total. The van der Waals surface area contributed by atoms with Gasteiger partial charge in [-0.1, -0.05) is 30.3 Å². The maximum Gasteiger partial charge on any atom is 0.324 e. The molecule has 0 spiro atoms. The molecule has 6 heteroatoms. The molecule has 0 unspecified atom stereocenters. The third kappa shape index (κ3) is 3.76. The Bertz CT molecular complexity index is 874. The Morgan fingerprint density at radius 1 is 1.08 bits per heavy atom. The molecule has 0 bridgehead atoms. The van der Waals surface area contributed by atoms with Crippen LogP contribution in [0.4, 0.5) is 16.3 Å². The number of aromatic nitrogens is 2. The maximum absolute atomic E-state index is 12.2. The molecule has 24 heavy (non-hydrogen) atoms. The topological polar surface area (TPSA) is 59.0 Å². The molecule has 0 saturated heterocycles. The number of carbonyl (C=O) groups is 1. The van der Waals surface area contributed by atoms with Gasteiger partial charge in [0.1, 0.15) is 0 Å². The number of hydrogen-bond donors (Lipinski definition) is 2. The lowest BCUT2D eigenvalue weighted by molar-refractivity contribution is 0.262. The van der Waals surface area contributed by atoms with E-state index in [9.17, 15) is 4.79 Å². The molecule has 0 radical (unpaired) electrons. The Labute approximate surface area is 154 Å². The van der Waals surface area contributed by atoms with Crippen molar-refractivity contribution in [3.8, 4) is 11.3 Å². The van der Waals surface area contributed by atoms with Crippen molar-refractivity contribution < 1.29 is 4.79 Å². The minimum absolute atomic E-state index is 0.308. The molecule has 2 aromatic carbocycles. The van der Waals surface area contributed by atoms with Gasteiger partial charge in [-0.3, -0.25) is 10.00 Å². The molecule has 0 aliphatic rings. The van der Waals surface area contributed by atoms with E-state index in [2.05, 4.69) is 38.3 Å². The molecule has 122 valence electrons. The Morgan fingerprint density at radius 2 is 1.83 bits per heavy atom. The maximum atomic E-state index is 12.2. The SMILES string of the molecule is Cc1cc(I)ccc1NC(=O)Nc1cc(-c2ccccc2)n(C)n1. The lowest BCUT2D eigenvalue weighted by atomic mass is 10.1. The van der Waals surface area contributed by atoms with Gasteiger partial charge in [-0.25, -0.2) is 4.79 Å². The molecule has 1 aromatic heterocycles. The van der Waals surface area contributed by atoms with Gasteiger partial charge in [0.05, 0.1) is 5.69 Å². The molecule has 0 aliphatic carbocycles. The zero-order valence-corrected chi connectivity index (χ0v) is 15.5. The average Bonchev–Trinajstić information content (AvgIpc) is 2.91. The standard InChI is InChI=1S/C18H17IN4O/c1-12-10-14(19)8-9-15(12)20-18(24)21-17-11-16(23(2)22-17)13-6-4-3-5-7-13/h3-11H,1-2H3,(H2,20,21,22,24). The van der Waals surface area contributed by atoms with Gasteiger partial charge in [-0.2, -0.15) is 5.10 Å². The van der Waals surface area contributed by atoms with E-state index in [0.717, 1.165) is 26.1 Å². The molecule has 2 amide bonds. The van der Waals surface area contributed by atoms with Crippen LogP contribution in [0, 0.1) is 10.5 Å². The molecular formula is C18H17IN4O. The molecular weight excluding hydrogens is 415 g/mol. The minimum Gasteiger partial charge on any atom is -0.307 e. The highest BCUT2D eigenvalue weighted by molar-refractivity contribution is 14.1. The van der Waals surface area contributed by atoms with Gasteiger partial charge in [0.15, 0.2) is 5.82 Å². The van der Waals surface area contributed by atoms with Crippen molar-refractivity contribution in [3.63, 3.8) is 0 Å². The predicted octanol–water partition coefficient (Wildman–Crippen LogP) is 4.64. The van der Waals surface area contributed by atoms with E-state index in [4.69, 9.17) is 0 Å². The molecule has 0 atom stereocenters. The first-order valence-corrected chi connectivity index (χ1v) is 8.54. The molecule has 0 fully saturated rings. The molecule has 3 rings (SSSR count). The first-order chi connectivity index (χ1) is 11.5. The Balaban J connectivity index is 1.73. The van der Waals surface area contributed by atoms with Crippen molar-refractivity contribution in [3.05, 3.63) is 63.7 Å². The highest BCUT2D eigenvalue weighted by Gasteiger charge is 2.10. The first-order valence-electron chi connectivity index (χ1n) is 7.46. The van der Waals surface area contributed by atoms with Crippen LogP contribution in [0.2, 0.25) is 0 Å². The first kappa shape index (κ1) is 16.5. The van der Waals surface area contributed by atoms with Crippen LogP contribution in [0.3, 0.4) is 0 Å². The third-order valence-electron chi connectivity index (χ3n) is 3.63. The predicted molar refractivity (Wildman–Crippen MR) is 105 cm³/mol. The summed E-state index contributed by atoms with van der Waals surface area (Å²) >= 11 is 2.25. The summed E-state index contributed by atoms with van der Waals surface area (Å²) in [5, 5.41) is 9.98. The fraction of sp³-hybridized carbons (Fsp3) is 0.111. The van der Waals surface area contributed by atoms with Crippen molar-refractivity contribution in [1.82, 2.24) is 9.78 Å². The van der Waals surface area contributed by atoms with Gasteiger partial charge in [-0.05, 0) is 58.8 Å². The van der Waals surface area contributed by atoms with Crippen molar-refractivity contribution in [2.45, 2.75) is 6.92 Å². The van der Waals surface area contributed by atoms with Gasteiger partial charge in [-0.15, -0.1) is 0 Å². The van der Waals surface area contributed by atoms with Gasteiger partial charge in [0.2, 0.25) is 0 Å². The Hall–Kier alpha value is -2.35. The van der Waals surface area contributed by atoms with Crippen molar-refractivity contribution in [1.29, 1.82) is 0 Å². The van der Waals surface area contributed by atoms with Gasteiger partial charge in [0.25, 0.3) is 0 Å². The van der Waals surface area contributed by atoms with Crippen LogP contribution < -0.4 is 10.6 Å². The summed E-state index contributed by atoms with van der Waals surface area (Å²) in [6.07, 6.45) is 0. The molecule has 3 aromatic rings. The van der Waals surface area contributed by atoms with Gasteiger partial charge < -0.3 is 5.32 Å². The van der Waals surface area contributed by atoms with E-state index in [1.54, 1.807) is 4.68 Å². The number of hydrogen-bond acceptors (Lipinski definition) is 2. The number of urea groups is 1. The van der Waals surface area contributed by atoms with Crippen LogP contribution >= 0.6 is 22.6 Å². The van der Waals surface area contributed by atoms with E-state index in [-0.39, 0.29) is 6.03 Å². The van der Waals surface area contributed by atoms with E-state index in [1.807, 2.05) is 68.6 Å². The van der Waals surface area contributed by atoms with Crippen molar-refractivity contribution in [2.75, 3.05) is 10.6 Å². The van der Waals surface area contributed by atoms with E-state index >= 15 is 0 Å². The summed E-state index contributed by atoms with van der Waals surface area (Å²) in [6.45, 7) is 1.96. The number of nitrogens with zero attached hydrogens (tertiary/aromatic N) is 2. The molecule has 5 nitrogen and oxygen atoms in total. The van der Waals surface area contributed by atoms with Crippen LogP contribution in [0.1, 0.15) is 5.56 Å². The third-order valence-corrected chi connectivity index (χ3v) is 4.30. The summed E-state index contributed by atoms with van der Waals surface area (Å²) in [7, 11) is 1.86. The van der Waals surface area contributed by atoms with Crippen LogP contribution in [-0.2, 0) is 7.05 Å². The van der Waals surface area contributed by atoms with Crippen LogP contribution in [0.25, 0.3) is 11.3 Å². The quantitative estimate of drug-likeness (QED) is 0.593. The Kier molecular flexibility index (Phi) is 4.84. The number of carbonyl (C=O) groups excluding carboxylic acids is 1. The molecule has 1 heterocycles. The lowest BCUT2D eigenvalue weighted by Gasteiger charge is -2.08. The number of nitrogens with one attached hydrogen (secondary N) is 2. The lowest BCUT2D eigenvalue weighted by Crippen LogP contribution is -2.20. The number of aryl methyl sites for hydroxylation is 2. The van der Waals surface area contributed by atoms with Gasteiger partial charge >= 0.3 is 6.03 Å². The summed E-state index contributed by atoms with van der Waals surface area (Å²) in [6, 6.07) is 17.4. The second-order valence-electron chi connectivity index (χ2n) is 5.44. The largest absolute Gasteiger partial charge is 0.324 e. The summed E-state index contributed by atoms with van der Waals surface area (Å²) in [5.74, 6) is 0.511. The number of benzene rings is 2. The summed E-state index contributed by atoms with van der Waals surface area (Å²) < 4.78 is 2.88. The Morgan fingerprint density at radius 3 is 2.54 bits per heavy atom. The zero-order chi connectivity index (χ0) is 17.1. The second kappa shape index (κ2) is 7.04. The van der Waals surface area contributed by atoms with E-state index in [1.165, 1.54) is 0 Å². The van der Waals surface area contributed by atoms with E-state index in [0.29, 0.717) is 5.82 Å².